The van der Waals surface area contributed by atoms with Crippen LogP contribution in [0.5, 0.6) is 5.75 Å². The first-order valence-corrected chi connectivity index (χ1v) is 12.6. The van der Waals surface area contributed by atoms with Crippen LogP contribution in [0.3, 0.4) is 0 Å². The van der Waals surface area contributed by atoms with Crippen molar-refractivity contribution in [2.24, 2.45) is 5.92 Å². The summed E-state index contributed by atoms with van der Waals surface area (Å²) in [4.78, 5) is 24.7. The second kappa shape index (κ2) is 12.0. The molecule has 1 unspecified atom stereocenters. The Bertz CT molecular complexity index is 1250. The van der Waals surface area contributed by atoms with Crippen LogP contribution in [0.25, 0.3) is 0 Å². The molecule has 35 heavy (non-hydrogen) atoms. The summed E-state index contributed by atoms with van der Waals surface area (Å²) in [6, 6.07) is 22.0. The second-order valence-corrected chi connectivity index (χ2v) is 9.88. The van der Waals surface area contributed by atoms with E-state index in [2.05, 4.69) is 15.6 Å². The lowest BCUT2D eigenvalue weighted by molar-refractivity contribution is -0.122. The molecule has 0 fully saturated rings. The topological polar surface area (TPSA) is 114 Å². The Morgan fingerprint density at radius 2 is 1.63 bits per heavy atom. The van der Waals surface area contributed by atoms with E-state index < -0.39 is 15.9 Å². The summed E-state index contributed by atoms with van der Waals surface area (Å²) in [5.74, 6) is -0.204. The number of methoxy groups -OCH3 is 1. The molecule has 3 aromatic carbocycles. The summed E-state index contributed by atoms with van der Waals surface area (Å²) >= 11 is 0. The van der Waals surface area contributed by atoms with Crippen molar-refractivity contribution in [1.82, 2.24) is 10.9 Å². The summed E-state index contributed by atoms with van der Waals surface area (Å²) in [6.07, 6.45) is 1.97. The fraction of sp³-hybridized carbons (Fsp3) is 0.231. The number of hydrogen-bond acceptors (Lipinski definition) is 5. The molecular weight excluding hydrogens is 466 g/mol. The average molecular weight is 496 g/mol. The number of amides is 2. The number of hydrazine groups is 1. The van der Waals surface area contributed by atoms with E-state index in [1.807, 2.05) is 37.3 Å². The third-order valence-corrected chi connectivity index (χ3v) is 6.75. The van der Waals surface area contributed by atoms with Gasteiger partial charge in [-0.1, -0.05) is 43.3 Å². The number of ether oxygens (including phenoxy) is 1. The van der Waals surface area contributed by atoms with Gasteiger partial charge in [0, 0.05) is 17.7 Å². The Kier molecular flexibility index (Phi) is 8.86. The molecule has 9 heteroatoms. The van der Waals surface area contributed by atoms with Crippen LogP contribution in [-0.2, 0) is 21.2 Å². The summed E-state index contributed by atoms with van der Waals surface area (Å²) in [5.41, 5.74) is 6.42. The Morgan fingerprint density at radius 3 is 2.31 bits per heavy atom. The zero-order chi connectivity index (χ0) is 25.3. The van der Waals surface area contributed by atoms with Gasteiger partial charge >= 0.3 is 0 Å². The van der Waals surface area contributed by atoms with Crippen LogP contribution >= 0.6 is 0 Å². The first kappa shape index (κ1) is 25.8. The van der Waals surface area contributed by atoms with E-state index in [-0.39, 0.29) is 28.7 Å². The lowest BCUT2D eigenvalue weighted by atomic mass is 9.98. The van der Waals surface area contributed by atoms with Gasteiger partial charge in [-0.2, -0.15) is 0 Å². The molecule has 3 rings (SSSR count). The highest BCUT2D eigenvalue weighted by Gasteiger charge is 2.17. The van der Waals surface area contributed by atoms with E-state index in [9.17, 15) is 18.0 Å². The SMILES string of the molecule is COc1ccc(NS(=O)(=O)c2cccc(C(=O)NNC(=O)CC(C)CCc3ccccc3)c2)cc1. The van der Waals surface area contributed by atoms with Gasteiger partial charge in [-0.3, -0.25) is 25.2 Å². The summed E-state index contributed by atoms with van der Waals surface area (Å²) in [5, 5.41) is 0. The Balaban J connectivity index is 1.52. The van der Waals surface area contributed by atoms with Gasteiger partial charge < -0.3 is 4.74 Å². The van der Waals surface area contributed by atoms with Crippen LogP contribution in [-0.4, -0.2) is 27.3 Å². The Morgan fingerprint density at radius 1 is 0.914 bits per heavy atom. The van der Waals surface area contributed by atoms with Crippen molar-refractivity contribution in [3.8, 4) is 5.75 Å². The van der Waals surface area contributed by atoms with Gasteiger partial charge in [-0.05, 0) is 66.8 Å². The Hall–Kier alpha value is -3.85. The number of hydrogen-bond donors (Lipinski definition) is 3. The van der Waals surface area contributed by atoms with E-state index in [0.29, 0.717) is 11.4 Å². The molecule has 8 nitrogen and oxygen atoms in total. The lowest BCUT2D eigenvalue weighted by Crippen LogP contribution is -2.42. The molecule has 0 heterocycles. The van der Waals surface area contributed by atoms with Crippen LogP contribution in [0.2, 0.25) is 0 Å². The molecule has 0 radical (unpaired) electrons. The summed E-state index contributed by atoms with van der Waals surface area (Å²) in [7, 11) is -2.40. The maximum absolute atomic E-state index is 12.7. The van der Waals surface area contributed by atoms with E-state index in [1.54, 1.807) is 24.3 Å². The fourth-order valence-corrected chi connectivity index (χ4v) is 4.51. The molecular formula is C26H29N3O5S. The standard InChI is InChI=1S/C26H29N3O5S/c1-19(11-12-20-7-4-3-5-8-20)17-25(30)27-28-26(31)21-9-6-10-24(18-21)35(32,33)29-22-13-15-23(34-2)16-14-22/h3-10,13-16,18-19,29H,11-12,17H2,1-2H3,(H,27,30)(H,28,31). The zero-order valence-corrected chi connectivity index (χ0v) is 20.5. The van der Waals surface area contributed by atoms with Gasteiger partial charge in [0.2, 0.25) is 5.91 Å². The Labute approximate surface area is 205 Å². The first-order valence-electron chi connectivity index (χ1n) is 11.2. The monoisotopic (exact) mass is 495 g/mol. The van der Waals surface area contributed by atoms with Crippen molar-refractivity contribution in [2.75, 3.05) is 11.8 Å². The van der Waals surface area contributed by atoms with Crippen molar-refractivity contribution in [3.63, 3.8) is 0 Å². The maximum Gasteiger partial charge on any atom is 0.269 e. The van der Waals surface area contributed by atoms with Crippen molar-refractivity contribution >= 4 is 27.5 Å². The van der Waals surface area contributed by atoms with Gasteiger partial charge in [0.05, 0.1) is 12.0 Å². The highest BCUT2D eigenvalue weighted by atomic mass is 32.2. The molecule has 0 aliphatic rings. The molecule has 0 aliphatic heterocycles. The summed E-state index contributed by atoms with van der Waals surface area (Å²) in [6.45, 7) is 1.98. The van der Waals surface area contributed by atoms with E-state index in [0.717, 1.165) is 12.8 Å². The molecule has 2 amide bonds. The van der Waals surface area contributed by atoms with Crippen LogP contribution < -0.4 is 20.3 Å². The van der Waals surface area contributed by atoms with E-state index in [4.69, 9.17) is 4.74 Å². The molecule has 0 saturated heterocycles. The quantitative estimate of drug-likeness (QED) is 0.369. The first-order chi connectivity index (χ1) is 16.8. The predicted molar refractivity (Wildman–Crippen MR) is 134 cm³/mol. The number of carbonyl (C=O) groups excluding carboxylic acids is 2. The summed E-state index contributed by atoms with van der Waals surface area (Å²) < 4.78 is 33.0. The van der Waals surface area contributed by atoms with Crippen molar-refractivity contribution in [3.05, 3.63) is 90.0 Å². The molecule has 0 aromatic heterocycles. The average Bonchev–Trinajstić information content (AvgIpc) is 2.87. The van der Waals surface area contributed by atoms with Crippen LogP contribution in [0.15, 0.2) is 83.8 Å². The number of carbonyl (C=O) groups is 2. The van der Waals surface area contributed by atoms with Crippen LogP contribution in [0.1, 0.15) is 35.7 Å². The molecule has 0 spiro atoms. The van der Waals surface area contributed by atoms with Gasteiger partial charge in [-0.15, -0.1) is 0 Å². The number of rotatable bonds is 10. The van der Waals surface area contributed by atoms with Crippen molar-refractivity contribution < 1.29 is 22.7 Å². The third kappa shape index (κ3) is 7.86. The van der Waals surface area contributed by atoms with E-state index in [1.165, 1.54) is 36.9 Å². The molecule has 3 N–H and O–H groups in total. The maximum atomic E-state index is 12.7. The minimum absolute atomic E-state index is 0.0816. The number of nitrogens with one attached hydrogen (secondary N) is 3. The van der Waals surface area contributed by atoms with E-state index >= 15 is 0 Å². The number of benzene rings is 3. The van der Waals surface area contributed by atoms with Gasteiger partial charge in [0.1, 0.15) is 5.75 Å². The minimum Gasteiger partial charge on any atom is -0.497 e. The number of aryl methyl sites for hydroxylation is 1. The zero-order valence-electron chi connectivity index (χ0n) is 19.7. The predicted octanol–water partition coefficient (Wildman–Crippen LogP) is 3.92. The largest absolute Gasteiger partial charge is 0.497 e. The molecule has 184 valence electrons. The van der Waals surface area contributed by atoms with Gasteiger partial charge in [-0.25, -0.2) is 8.42 Å². The highest BCUT2D eigenvalue weighted by Crippen LogP contribution is 2.20. The van der Waals surface area contributed by atoms with Crippen LogP contribution in [0, 0.1) is 5.92 Å². The van der Waals surface area contributed by atoms with Crippen molar-refractivity contribution in [1.29, 1.82) is 0 Å². The van der Waals surface area contributed by atoms with Crippen molar-refractivity contribution in [2.45, 2.75) is 31.1 Å². The minimum atomic E-state index is -3.92. The second-order valence-electron chi connectivity index (χ2n) is 8.20. The van der Waals surface area contributed by atoms with Crippen LogP contribution in [0.4, 0.5) is 5.69 Å². The molecule has 3 aromatic rings. The highest BCUT2D eigenvalue weighted by molar-refractivity contribution is 7.92. The normalized spacial score (nSPS) is 11.8. The fourth-order valence-electron chi connectivity index (χ4n) is 3.40. The number of anilines is 1. The third-order valence-electron chi connectivity index (χ3n) is 5.37. The van der Waals surface area contributed by atoms with Gasteiger partial charge in [0.15, 0.2) is 0 Å². The van der Waals surface area contributed by atoms with Gasteiger partial charge in [0.25, 0.3) is 15.9 Å². The molecule has 0 bridgehead atoms. The molecule has 1 atom stereocenters. The smallest absolute Gasteiger partial charge is 0.269 e. The number of sulfonamides is 1. The molecule has 0 saturated carbocycles. The molecule has 0 aliphatic carbocycles. The lowest BCUT2D eigenvalue weighted by Gasteiger charge is -2.13.